The molecule has 1 aliphatic rings. The monoisotopic (exact) mass is 231 g/mol. The molecule has 4 heteroatoms. The van der Waals surface area contributed by atoms with Crippen LogP contribution in [0.5, 0.6) is 0 Å². The SMILES string of the molecule is Cc1cnn(Cc2ccc(C3CC3C)o2)c1N. The van der Waals surface area contributed by atoms with Gasteiger partial charge in [-0.1, -0.05) is 6.92 Å². The highest BCUT2D eigenvalue weighted by Crippen LogP contribution is 2.47. The van der Waals surface area contributed by atoms with Crippen molar-refractivity contribution in [1.82, 2.24) is 9.78 Å². The van der Waals surface area contributed by atoms with E-state index in [1.54, 1.807) is 10.9 Å². The summed E-state index contributed by atoms with van der Waals surface area (Å²) in [6.45, 7) is 4.82. The second kappa shape index (κ2) is 3.65. The zero-order chi connectivity index (χ0) is 12.0. The zero-order valence-corrected chi connectivity index (χ0v) is 10.2. The molecule has 2 heterocycles. The van der Waals surface area contributed by atoms with E-state index in [1.807, 2.05) is 13.0 Å². The Kier molecular flexibility index (Phi) is 2.24. The van der Waals surface area contributed by atoms with Crippen LogP contribution >= 0.6 is 0 Å². The summed E-state index contributed by atoms with van der Waals surface area (Å²) in [5, 5.41) is 4.23. The van der Waals surface area contributed by atoms with Gasteiger partial charge in [0.05, 0.1) is 6.20 Å². The average molecular weight is 231 g/mol. The van der Waals surface area contributed by atoms with E-state index in [0.717, 1.165) is 23.0 Å². The molecular weight excluding hydrogens is 214 g/mol. The highest BCUT2D eigenvalue weighted by Gasteiger charge is 2.36. The lowest BCUT2D eigenvalue weighted by atomic mass is 10.3. The van der Waals surface area contributed by atoms with Gasteiger partial charge in [0.2, 0.25) is 0 Å². The van der Waals surface area contributed by atoms with Crippen LogP contribution in [0, 0.1) is 12.8 Å². The Balaban J connectivity index is 1.77. The van der Waals surface area contributed by atoms with E-state index < -0.39 is 0 Å². The van der Waals surface area contributed by atoms with Crippen molar-refractivity contribution in [1.29, 1.82) is 0 Å². The maximum Gasteiger partial charge on any atom is 0.125 e. The number of nitrogen functional groups attached to an aromatic ring is 1. The van der Waals surface area contributed by atoms with Crippen LogP contribution in [0.25, 0.3) is 0 Å². The summed E-state index contributed by atoms with van der Waals surface area (Å²) in [5.74, 6) is 4.14. The largest absolute Gasteiger partial charge is 0.464 e. The topological polar surface area (TPSA) is 57.0 Å². The summed E-state index contributed by atoms with van der Waals surface area (Å²) >= 11 is 0. The number of hydrogen-bond acceptors (Lipinski definition) is 3. The summed E-state index contributed by atoms with van der Waals surface area (Å²) in [6.07, 6.45) is 3.03. The molecular formula is C13H17N3O. The third-order valence-corrected chi connectivity index (χ3v) is 3.54. The first-order chi connectivity index (χ1) is 8.15. The number of nitrogens with two attached hydrogens (primary N) is 1. The Labute approximate surface area is 100 Å². The average Bonchev–Trinajstić information content (AvgIpc) is 2.72. The summed E-state index contributed by atoms with van der Waals surface area (Å²) in [6, 6.07) is 4.10. The molecule has 1 fully saturated rings. The summed E-state index contributed by atoms with van der Waals surface area (Å²) in [4.78, 5) is 0. The molecule has 90 valence electrons. The molecule has 0 spiro atoms. The molecule has 0 radical (unpaired) electrons. The van der Waals surface area contributed by atoms with Gasteiger partial charge in [0, 0.05) is 11.5 Å². The molecule has 0 saturated heterocycles. The van der Waals surface area contributed by atoms with Crippen LogP contribution in [-0.2, 0) is 6.54 Å². The van der Waals surface area contributed by atoms with Gasteiger partial charge in [0.15, 0.2) is 0 Å². The molecule has 2 N–H and O–H groups in total. The lowest BCUT2D eigenvalue weighted by Gasteiger charge is -2.01. The van der Waals surface area contributed by atoms with E-state index in [2.05, 4.69) is 18.1 Å². The third-order valence-electron chi connectivity index (χ3n) is 3.54. The summed E-state index contributed by atoms with van der Waals surface area (Å²) in [7, 11) is 0. The van der Waals surface area contributed by atoms with Gasteiger partial charge in [-0.3, -0.25) is 0 Å². The molecule has 0 bridgehead atoms. The smallest absolute Gasteiger partial charge is 0.125 e. The second-order valence-electron chi connectivity index (χ2n) is 4.99. The van der Waals surface area contributed by atoms with Gasteiger partial charge in [-0.05, 0) is 31.4 Å². The van der Waals surface area contributed by atoms with Crippen molar-refractivity contribution in [2.24, 2.45) is 5.92 Å². The van der Waals surface area contributed by atoms with E-state index in [4.69, 9.17) is 10.2 Å². The Morgan fingerprint density at radius 1 is 1.53 bits per heavy atom. The van der Waals surface area contributed by atoms with Gasteiger partial charge >= 0.3 is 0 Å². The third kappa shape index (κ3) is 1.84. The predicted molar refractivity (Wildman–Crippen MR) is 65.7 cm³/mol. The summed E-state index contributed by atoms with van der Waals surface area (Å²) < 4.78 is 7.60. The normalized spacial score (nSPS) is 22.9. The number of aryl methyl sites for hydroxylation is 1. The molecule has 3 rings (SSSR count). The molecule has 0 amide bonds. The Hall–Kier alpha value is -1.71. The quantitative estimate of drug-likeness (QED) is 0.883. The van der Waals surface area contributed by atoms with E-state index in [0.29, 0.717) is 18.3 Å². The van der Waals surface area contributed by atoms with Crippen LogP contribution < -0.4 is 5.73 Å². The van der Waals surface area contributed by atoms with E-state index >= 15 is 0 Å². The fourth-order valence-electron chi connectivity index (χ4n) is 2.16. The minimum absolute atomic E-state index is 0.612. The molecule has 2 aromatic rings. The molecule has 17 heavy (non-hydrogen) atoms. The van der Waals surface area contributed by atoms with Gasteiger partial charge < -0.3 is 10.2 Å². The van der Waals surface area contributed by atoms with Crippen LogP contribution in [0.1, 0.15) is 36.3 Å². The number of anilines is 1. The van der Waals surface area contributed by atoms with Crippen molar-refractivity contribution in [3.05, 3.63) is 35.4 Å². The van der Waals surface area contributed by atoms with E-state index in [-0.39, 0.29) is 0 Å². The molecule has 2 atom stereocenters. The Bertz CT molecular complexity index is 541. The van der Waals surface area contributed by atoms with Crippen molar-refractivity contribution in [3.8, 4) is 0 Å². The van der Waals surface area contributed by atoms with Crippen LogP contribution in [0.15, 0.2) is 22.7 Å². The van der Waals surface area contributed by atoms with Gasteiger partial charge in [-0.15, -0.1) is 0 Å². The first kappa shape index (κ1) is 10.4. The zero-order valence-electron chi connectivity index (χ0n) is 10.2. The molecule has 1 saturated carbocycles. The molecule has 2 unspecified atom stereocenters. The molecule has 2 aromatic heterocycles. The lowest BCUT2D eigenvalue weighted by molar-refractivity contribution is 0.443. The number of nitrogens with zero attached hydrogens (tertiary/aromatic N) is 2. The molecule has 0 aliphatic heterocycles. The minimum Gasteiger partial charge on any atom is -0.464 e. The van der Waals surface area contributed by atoms with Crippen molar-refractivity contribution in [2.75, 3.05) is 5.73 Å². The number of aromatic nitrogens is 2. The van der Waals surface area contributed by atoms with Crippen molar-refractivity contribution < 1.29 is 4.42 Å². The van der Waals surface area contributed by atoms with E-state index in [1.165, 1.54) is 6.42 Å². The fourth-order valence-corrected chi connectivity index (χ4v) is 2.16. The number of rotatable bonds is 3. The van der Waals surface area contributed by atoms with Crippen molar-refractivity contribution in [2.45, 2.75) is 32.7 Å². The van der Waals surface area contributed by atoms with Crippen LogP contribution in [0.3, 0.4) is 0 Å². The van der Waals surface area contributed by atoms with Crippen LogP contribution in [0.2, 0.25) is 0 Å². The maximum atomic E-state index is 5.91. The second-order valence-corrected chi connectivity index (χ2v) is 4.99. The van der Waals surface area contributed by atoms with Crippen LogP contribution in [-0.4, -0.2) is 9.78 Å². The van der Waals surface area contributed by atoms with Gasteiger partial charge in [0.1, 0.15) is 23.9 Å². The van der Waals surface area contributed by atoms with Gasteiger partial charge in [0.25, 0.3) is 0 Å². The van der Waals surface area contributed by atoms with Crippen LogP contribution in [0.4, 0.5) is 5.82 Å². The maximum absolute atomic E-state index is 5.91. The molecule has 0 aromatic carbocycles. The van der Waals surface area contributed by atoms with Gasteiger partial charge in [-0.2, -0.15) is 5.10 Å². The van der Waals surface area contributed by atoms with E-state index in [9.17, 15) is 0 Å². The standard InChI is InChI=1S/C13H17N3O/c1-8-5-11(8)12-4-3-10(17-12)7-16-13(14)9(2)6-15-16/h3-4,6,8,11H,5,7,14H2,1-2H3. The Morgan fingerprint density at radius 2 is 2.29 bits per heavy atom. The van der Waals surface area contributed by atoms with Crippen molar-refractivity contribution in [3.63, 3.8) is 0 Å². The van der Waals surface area contributed by atoms with Gasteiger partial charge in [-0.25, -0.2) is 4.68 Å². The Morgan fingerprint density at radius 3 is 2.88 bits per heavy atom. The first-order valence-corrected chi connectivity index (χ1v) is 6.01. The van der Waals surface area contributed by atoms with Crippen molar-refractivity contribution >= 4 is 5.82 Å². The highest BCUT2D eigenvalue weighted by molar-refractivity contribution is 5.37. The number of furan rings is 1. The minimum atomic E-state index is 0.612. The predicted octanol–water partition coefficient (Wildman–Crippen LogP) is 2.54. The fraction of sp³-hybridized carbons (Fsp3) is 0.462. The highest BCUT2D eigenvalue weighted by atomic mass is 16.3. The first-order valence-electron chi connectivity index (χ1n) is 6.01. The molecule has 1 aliphatic carbocycles. The molecule has 4 nitrogen and oxygen atoms in total. The number of hydrogen-bond donors (Lipinski definition) is 1. The summed E-state index contributed by atoms with van der Waals surface area (Å²) in [5.41, 5.74) is 6.92. The lowest BCUT2D eigenvalue weighted by Crippen LogP contribution is -2.05.